The van der Waals surface area contributed by atoms with Crippen LogP contribution in [0.5, 0.6) is 0 Å². The van der Waals surface area contributed by atoms with Crippen molar-refractivity contribution >= 4 is 34.5 Å². The quantitative estimate of drug-likeness (QED) is 0.541. The van der Waals surface area contributed by atoms with Crippen LogP contribution in [0.25, 0.3) is 0 Å². The summed E-state index contributed by atoms with van der Waals surface area (Å²) in [7, 11) is 3.61. The molecule has 0 rings (SSSR count). The van der Waals surface area contributed by atoms with Crippen LogP contribution in [0, 0.1) is 0 Å². The molecule has 0 aliphatic rings. The maximum atomic E-state index is 5.61. The van der Waals surface area contributed by atoms with E-state index in [4.69, 9.17) is 26.6 Å². The van der Waals surface area contributed by atoms with Crippen LogP contribution in [0.1, 0.15) is 13.3 Å². The Balaban J connectivity index is 5.84. The Hall–Kier alpha value is 0.752. The molecule has 18 heavy (non-hydrogen) atoms. The van der Waals surface area contributed by atoms with Crippen molar-refractivity contribution in [3.05, 3.63) is 0 Å². The molecule has 0 N–H and O–H groups in total. The molecular formula is C9H25AsO6Si2. The molecule has 0 heterocycles. The second kappa shape index (κ2) is 7.51. The second-order valence-corrected chi connectivity index (χ2v) is 15.1. The molecular weight excluding hydrogens is 335 g/mol. The van der Waals surface area contributed by atoms with Crippen LogP contribution in [0.2, 0.25) is 3.45 Å². The SMILES string of the molecule is CCC([AsH2])([Si](OC)(OC)OC)[Si](OC)(OC)OC. The van der Waals surface area contributed by atoms with Gasteiger partial charge in [0.1, 0.15) is 0 Å². The number of hydrogen-bond acceptors (Lipinski definition) is 6. The molecule has 0 aromatic heterocycles. The van der Waals surface area contributed by atoms with Gasteiger partial charge in [0.15, 0.2) is 0 Å². The van der Waals surface area contributed by atoms with Crippen LogP contribution in [0.3, 0.4) is 0 Å². The fraction of sp³-hybridized carbons (Fsp3) is 1.00. The van der Waals surface area contributed by atoms with E-state index in [0.717, 1.165) is 6.42 Å². The van der Waals surface area contributed by atoms with Crippen molar-refractivity contribution in [2.75, 3.05) is 42.7 Å². The maximum absolute atomic E-state index is 5.61. The van der Waals surface area contributed by atoms with E-state index in [0.29, 0.717) is 0 Å². The second-order valence-electron chi connectivity index (χ2n) is 3.66. The molecule has 0 aromatic rings. The molecule has 0 aromatic carbocycles. The average molecular weight is 360 g/mol. The average Bonchev–Trinajstić information content (AvgIpc) is 2.43. The first-order valence-corrected chi connectivity index (χ1v) is 10.2. The Kier molecular flexibility index (Phi) is 7.83. The number of hydrogen-bond donors (Lipinski definition) is 0. The first-order valence-electron chi connectivity index (χ1n) is 5.52. The van der Waals surface area contributed by atoms with Crippen LogP contribution in [-0.4, -0.2) is 77.1 Å². The molecule has 1 unspecified atom stereocenters. The molecule has 110 valence electrons. The van der Waals surface area contributed by atoms with Gasteiger partial charge in [-0.2, -0.15) is 0 Å². The Morgan fingerprint density at radius 3 is 1.06 bits per heavy atom. The third-order valence-corrected chi connectivity index (χ3v) is 16.5. The van der Waals surface area contributed by atoms with Crippen LogP contribution in [0.4, 0.5) is 0 Å². The van der Waals surface area contributed by atoms with Gasteiger partial charge in [-0.1, -0.05) is 0 Å². The predicted octanol–water partition coefficient (Wildman–Crippen LogP) is 0.0228. The Bertz CT molecular complexity index is 211. The van der Waals surface area contributed by atoms with Crippen molar-refractivity contribution in [1.82, 2.24) is 0 Å². The van der Waals surface area contributed by atoms with Gasteiger partial charge in [-0.05, 0) is 0 Å². The topological polar surface area (TPSA) is 55.4 Å². The van der Waals surface area contributed by atoms with E-state index in [2.05, 4.69) is 0 Å². The molecule has 0 saturated heterocycles. The molecule has 0 bridgehead atoms. The van der Waals surface area contributed by atoms with E-state index >= 15 is 0 Å². The van der Waals surface area contributed by atoms with Gasteiger partial charge in [0.05, 0.1) is 0 Å². The molecule has 0 aliphatic carbocycles. The van der Waals surface area contributed by atoms with Crippen LogP contribution in [-0.2, 0) is 26.6 Å². The van der Waals surface area contributed by atoms with Crippen molar-refractivity contribution in [3.8, 4) is 0 Å². The van der Waals surface area contributed by atoms with Crippen LogP contribution >= 0.6 is 0 Å². The van der Waals surface area contributed by atoms with Gasteiger partial charge in [0, 0.05) is 0 Å². The molecule has 1 atom stereocenters. The van der Waals surface area contributed by atoms with Gasteiger partial charge in [-0.3, -0.25) is 0 Å². The van der Waals surface area contributed by atoms with Gasteiger partial charge in [-0.15, -0.1) is 0 Å². The van der Waals surface area contributed by atoms with Gasteiger partial charge < -0.3 is 0 Å². The van der Waals surface area contributed by atoms with E-state index in [1.54, 1.807) is 42.7 Å². The molecule has 0 amide bonds. The van der Waals surface area contributed by atoms with E-state index in [-0.39, 0.29) is 0 Å². The summed E-state index contributed by atoms with van der Waals surface area (Å²) in [5.74, 6) is 0. The van der Waals surface area contributed by atoms with Gasteiger partial charge in [0.2, 0.25) is 0 Å². The molecule has 0 radical (unpaired) electrons. The molecule has 0 aliphatic heterocycles. The summed E-state index contributed by atoms with van der Waals surface area (Å²) < 4.78 is 33.1. The summed E-state index contributed by atoms with van der Waals surface area (Å²) in [6.07, 6.45) is 0.719. The predicted molar refractivity (Wildman–Crippen MR) is 75.1 cm³/mol. The van der Waals surface area contributed by atoms with Crippen molar-refractivity contribution < 1.29 is 26.6 Å². The first kappa shape index (κ1) is 18.8. The van der Waals surface area contributed by atoms with E-state index < -0.39 is 21.1 Å². The minimum absolute atomic E-state index is 0.524. The molecule has 0 spiro atoms. The van der Waals surface area contributed by atoms with E-state index in [1.165, 1.54) is 16.9 Å². The fourth-order valence-electron chi connectivity index (χ4n) is 2.21. The summed E-state index contributed by atoms with van der Waals surface area (Å²) >= 11 is 1.41. The minimum atomic E-state index is -2.95. The normalized spacial score (nSPS) is 14.0. The summed E-state index contributed by atoms with van der Waals surface area (Å²) in [6, 6.07) is 0. The monoisotopic (exact) mass is 360 g/mol. The third-order valence-electron chi connectivity index (χ3n) is 3.26. The Morgan fingerprint density at radius 1 is 0.722 bits per heavy atom. The zero-order chi connectivity index (χ0) is 14.4. The van der Waals surface area contributed by atoms with Gasteiger partial charge in [0.25, 0.3) is 0 Å². The van der Waals surface area contributed by atoms with Crippen LogP contribution < -0.4 is 0 Å². The third kappa shape index (κ3) is 2.63. The Morgan fingerprint density at radius 2 is 0.944 bits per heavy atom. The summed E-state index contributed by atoms with van der Waals surface area (Å²) in [5.41, 5.74) is 0. The van der Waals surface area contributed by atoms with Crippen molar-refractivity contribution in [3.63, 3.8) is 0 Å². The standard InChI is InChI=1S/C9H25AsO6Si2/c1-8-9(10,17(11-2,12-3)13-4)18(14-5,15-6)16-7/h8,10H2,1-7H3. The number of rotatable bonds is 9. The van der Waals surface area contributed by atoms with Gasteiger partial charge in [-0.25, -0.2) is 0 Å². The van der Waals surface area contributed by atoms with E-state index in [9.17, 15) is 0 Å². The zero-order valence-electron chi connectivity index (χ0n) is 12.2. The summed E-state index contributed by atoms with van der Waals surface area (Å²) in [6.45, 7) is 2.03. The summed E-state index contributed by atoms with van der Waals surface area (Å²) in [4.78, 5) is 0. The van der Waals surface area contributed by atoms with Crippen LogP contribution in [0.15, 0.2) is 0 Å². The summed E-state index contributed by atoms with van der Waals surface area (Å²) in [5, 5.41) is 0. The van der Waals surface area contributed by atoms with Crippen molar-refractivity contribution in [2.24, 2.45) is 0 Å². The molecule has 6 nitrogen and oxygen atoms in total. The molecule has 0 saturated carbocycles. The zero-order valence-corrected chi connectivity index (χ0v) is 16.7. The van der Waals surface area contributed by atoms with E-state index in [1.807, 2.05) is 6.92 Å². The molecule has 0 fully saturated rings. The van der Waals surface area contributed by atoms with Crippen molar-refractivity contribution in [1.29, 1.82) is 0 Å². The fourth-order valence-corrected chi connectivity index (χ4v) is 14.1. The first-order chi connectivity index (χ1) is 8.42. The van der Waals surface area contributed by atoms with Crippen molar-refractivity contribution in [2.45, 2.75) is 16.8 Å². The van der Waals surface area contributed by atoms with Gasteiger partial charge >= 0.3 is 120 Å². The molecule has 9 heteroatoms. The Labute approximate surface area is 120 Å².